The molecule has 0 saturated carbocycles. The third-order valence-electron chi connectivity index (χ3n) is 4.76. The van der Waals surface area contributed by atoms with Crippen molar-refractivity contribution in [2.75, 3.05) is 16.6 Å². The largest absolute Gasteiger partial charge is 0.462 e. The van der Waals surface area contributed by atoms with Crippen molar-refractivity contribution in [3.05, 3.63) is 89.0 Å². The van der Waals surface area contributed by atoms with Gasteiger partial charge in [0.05, 0.1) is 17.1 Å². The number of carbonyl (C=O) groups is 2. The number of rotatable bonds is 7. The normalized spacial score (nSPS) is 11.0. The lowest BCUT2D eigenvalue weighted by atomic mass is 10.1. The van der Waals surface area contributed by atoms with Crippen LogP contribution in [0.2, 0.25) is 0 Å². The lowest BCUT2D eigenvalue weighted by Crippen LogP contribution is -2.17. The van der Waals surface area contributed by atoms with Crippen molar-refractivity contribution >= 4 is 33.3 Å². The Hall–Kier alpha value is -3.65. The van der Waals surface area contributed by atoms with Crippen LogP contribution in [-0.4, -0.2) is 26.9 Å². The van der Waals surface area contributed by atoms with Crippen molar-refractivity contribution in [3.8, 4) is 0 Å². The zero-order valence-corrected chi connectivity index (χ0v) is 18.8. The first kappa shape index (κ1) is 23.0. The molecular weight excluding hydrogens is 428 g/mol. The number of benzene rings is 3. The number of esters is 1. The maximum Gasteiger partial charge on any atom is 0.338 e. The molecule has 0 aromatic heterocycles. The molecule has 32 heavy (non-hydrogen) atoms. The van der Waals surface area contributed by atoms with Gasteiger partial charge in [-0.2, -0.15) is 0 Å². The van der Waals surface area contributed by atoms with Gasteiger partial charge in [0, 0.05) is 16.9 Å². The van der Waals surface area contributed by atoms with Crippen molar-refractivity contribution in [1.82, 2.24) is 0 Å². The average Bonchev–Trinajstić information content (AvgIpc) is 2.76. The maximum atomic E-state index is 12.9. The highest BCUT2D eigenvalue weighted by Crippen LogP contribution is 2.23. The molecule has 3 rings (SSSR count). The van der Waals surface area contributed by atoms with Crippen molar-refractivity contribution in [3.63, 3.8) is 0 Å². The highest BCUT2D eigenvalue weighted by Gasteiger charge is 2.20. The smallest absolute Gasteiger partial charge is 0.338 e. The standard InChI is InChI=1S/C24H24N2O5S/c1-4-31-24(28)19-13-10-16(2)21(14-19)25-23(27)18-12-11-17(3)22(15-18)32(29,30)26-20-8-6-5-7-9-20/h5-15,26H,4H2,1-3H3,(H,25,27). The first-order valence-electron chi connectivity index (χ1n) is 9.99. The Balaban J connectivity index is 1.87. The number of carbonyl (C=O) groups excluding carboxylic acids is 2. The average molecular weight is 453 g/mol. The lowest BCUT2D eigenvalue weighted by molar-refractivity contribution is 0.0526. The second-order valence-corrected chi connectivity index (χ2v) is 8.81. The molecule has 166 valence electrons. The number of anilines is 2. The number of hydrogen-bond acceptors (Lipinski definition) is 5. The van der Waals surface area contributed by atoms with E-state index in [0.29, 0.717) is 22.5 Å². The molecule has 3 aromatic rings. The quantitative estimate of drug-likeness (QED) is 0.513. The number of sulfonamides is 1. The van der Waals surface area contributed by atoms with Gasteiger partial charge in [0.2, 0.25) is 0 Å². The minimum absolute atomic E-state index is 0.00555. The van der Waals surface area contributed by atoms with Crippen LogP contribution in [0.25, 0.3) is 0 Å². The van der Waals surface area contributed by atoms with E-state index in [4.69, 9.17) is 4.74 Å². The van der Waals surface area contributed by atoms with E-state index in [1.807, 2.05) is 0 Å². The molecule has 0 spiro atoms. The van der Waals surface area contributed by atoms with Crippen molar-refractivity contribution in [2.24, 2.45) is 0 Å². The molecule has 1 amide bonds. The fraction of sp³-hybridized carbons (Fsp3) is 0.167. The van der Waals surface area contributed by atoms with Crippen LogP contribution in [-0.2, 0) is 14.8 Å². The Bertz CT molecular complexity index is 1250. The molecule has 7 nitrogen and oxygen atoms in total. The molecule has 2 N–H and O–H groups in total. The van der Waals surface area contributed by atoms with Crippen LogP contribution in [0.3, 0.4) is 0 Å². The second-order valence-electron chi connectivity index (χ2n) is 7.16. The molecule has 8 heteroatoms. The van der Waals surface area contributed by atoms with Gasteiger partial charge >= 0.3 is 5.97 Å². The fourth-order valence-electron chi connectivity index (χ4n) is 3.04. The molecule has 0 aliphatic heterocycles. The van der Waals surface area contributed by atoms with E-state index in [-0.39, 0.29) is 17.1 Å². The summed E-state index contributed by atoms with van der Waals surface area (Å²) in [7, 11) is -3.90. The van der Waals surface area contributed by atoms with E-state index in [9.17, 15) is 18.0 Å². The summed E-state index contributed by atoms with van der Waals surface area (Å²) in [5.74, 6) is -0.982. The molecule has 0 bridgehead atoms. The van der Waals surface area contributed by atoms with Crippen molar-refractivity contribution < 1.29 is 22.7 Å². The predicted octanol–water partition coefficient (Wildman–Crippen LogP) is 4.53. The first-order valence-corrected chi connectivity index (χ1v) is 11.5. The summed E-state index contributed by atoms with van der Waals surface area (Å²) < 4.78 is 33.3. The van der Waals surface area contributed by atoms with E-state index in [1.165, 1.54) is 12.1 Å². The summed E-state index contributed by atoms with van der Waals surface area (Å²) in [6.45, 7) is 5.41. The molecule has 0 aliphatic rings. The summed E-state index contributed by atoms with van der Waals surface area (Å²) in [5.41, 5.74) is 2.60. The molecule has 0 saturated heterocycles. The zero-order valence-electron chi connectivity index (χ0n) is 18.0. The van der Waals surface area contributed by atoms with Crippen LogP contribution in [0.1, 0.15) is 38.8 Å². The SMILES string of the molecule is CCOC(=O)c1ccc(C)c(NC(=O)c2ccc(C)c(S(=O)(=O)Nc3ccccc3)c2)c1. The Labute approximate surface area is 187 Å². The van der Waals surface area contributed by atoms with E-state index >= 15 is 0 Å². The topological polar surface area (TPSA) is 102 Å². The molecule has 0 heterocycles. The Morgan fingerprint density at radius 1 is 0.875 bits per heavy atom. The number of ether oxygens (including phenoxy) is 1. The van der Waals surface area contributed by atoms with E-state index in [0.717, 1.165) is 5.56 Å². The first-order chi connectivity index (χ1) is 15.2. The molecule has 0 fully saturated rings. The molecule has 3 aromatic carbocycles. The van der Waals surface area contributed by atoms with Crippen LogP contribution in [0, 0.1) is 13.8 Å². The summed E-state index contributed by atoms with van der Waals surface area (Å²) in [4.78, 5) is 24.9. The predicted molar refractivity (Wildman–Crippen MR) is 124 cm³/mol. The maximum absolute atomic E-state index is 12.9. The molecule has 0 radical (unpaired) electrons. The number of aryl methyl sites for hydroxylation is 2. The molecule has 0 atom stereocenters. The Morgan fingerprint density at radius 2 is 1.53 bits per heavy atom. The monoisotopic (exact) mass is 452 g/mol. The minimum atomic E-state index is -3.90. The van der Waals surface area contributed by atoms with Crippen LogP contribution in [0.4, 0.5) is 11.4 Å². The van der Waals surface area contributed by atoms with Gasteiger partial charge in [0.1, 0.15) is 0 Å². The Morgan fingerprint density at radius 3 is 2.22 bits per heavy atom. The van der Waals surface area contributed by atoms with E-state index in [2.05, 4.69) is 10.0 Å². The third kappa shape index (κ3) is 5.33. The molecule has 0 aliphatic carbocycles. The molecular formula is C24H24N2O5S. The van der Waals surface area contributed by atoms with Crippen LogP contribution >= 0.6 is 0 Å². The number of hydrogen-bond donors (Lipinski definition) is 2. The van der Waals surface area contributed by atoms with Gasteiger partial charge < -0.3 is 10.1 Å². The lowest BCUT2D eigenvalue weighted by Gasteiger charge is -2.13. The highest BCUT2D eigenvalue weighted by atomic mass is 32.2. The van der Waals surface area contributed by atoms with Gasteiger partial charge in [0.25, 0.3) is 15.9 Å². The van der Waals surface area contributed by atoms with Gasteiger partial charge in [-0.25, -0.2) is 13.2 Å². The zero-order chi connectivity index (χ0) is 23.3. The fourth-order valence-corrected chi connectivity index (χ4v) is 4.37. The minimum Gasteiger partial charge on any atom is -0.462 e. The number of para-hydroxylation sites is 1. The number of amides is 1. The van der Waals surface area contributed by atoms with E-state index < -0.39 is 21.9 Å². The highest BCUT2D eigenvalue weighted by molar-refractivity contribution is 7.92. The second kappa shape index (κ2) is 9.65. The van der Waals surface area contributed by atoms with Gasteiger partial charge in [-0.15, -0.1) is 0 Å². The summed E-state index contributed by atoms with van der Waals surface area (Å²) >= 11 is 0. The van der Waals surface area contributed by atoms with Crippen molar-refractivity contribution in [1.29, 1.82) is 0 Å². The van der Waals surface area contributed by atoms with Crippen LogP contribution in [0.5, 0.6) is 0 Å². The summed E-state index contributed by atoms with van der Waals surface area (Å²) in [6.07, 6.45) is 0. The van der Waals surface area contributed by atoms with Crippen LogP contribution < -0.4 is 10.0 Å². The van der Waals surface area contributed by atoms with E-state index in [1.54, 1.807) is 75.4 Å². The molecule has 0 unspecified atom stereocenters. The van der Waals surface area contributed by atoms with Gasteiger partial charge in [0.15, 0.2) is 0 Å². The van der Waals surface area contributed by atoms with Crippen molar-refractivity contribution in [2.45, 2.75) is 25.7 Å². The van der Waals surface area contributed by atoms with Gasteiger partial charge in [-0.1, -0.05) is 30.3 Å². The summed E-state index contributed by atoms with van der Waals surface area (Å²) in [5, 5.41) is 2.75. The van der Waals surface area contributed by atoms with Gasteiger partial charge in [-0.05, 0) is 68.3 Å². The number of nitrogens with one attached hydrogen (secondary N) is 2. The third-order valence-corrected chi connectivity index (χ3v) is 6.29. The van der Waals surface area contributed by atoms with Crippen LogP contribution in [0.15, 0.2) is 71.6 Å². The van der Waals surface area contributed by atoms with Gasteiger partial charge in [-0.3, -0.25) is 9.52 Å². The summed E-state index contributed by atoms with van der Waals surface area (Å²) in [6, 6.07) is 17.8. The Kier molecular flexibility index (Phi) is 6.95.